The Balaban J connectivity index is 1.34. The van der Waals surface area contributed by atoms with Gasteiger partial charge in [-0.15, -0.1) is 0 Å². The average Bonchev–Trinajstić information content (AvgIpc) is 3.22. The fourth-order valence-electron chi connectivity index (χ4n) is 3.12. The molecule has 0 spiro atoms. The smallest absolute Gasteiger partial charge is 0.293 e. The predicted octanol–water partition coefficient (Wildman–Crippen LogP) is 2.40. The molecule has 9 nitrogen and oxygen atoms in total. The highest BCUT2D eigenvalue weighted by atomic mass is 32.2. The zero-order valence-corrected chi connectivity index (χ0v) is 18.4. The molecule has 0 aromatic carbocycles. The van der Waals surface area contributed by atoms with Crippen molar-refractivity contribution in [2.45, 2.75) is 37.3 Å². The van der Waals surface area contributed by atoms with E-state index >= 15 is 0 Å². The molecule has 1 fully saturated rings. The van der Waals surface area contributed by atoms with E-state index < -0.39 is 9.84 Å². The zero-order valence-electron chi connectivity index (χ0n) is 16.7. The molecule has 1 aliphatic rings. The van der Waals surface area contributed by atoms with E-state index in [1.807, 2.05) is 12.4 Å². The van der Waals surface area contributed by atoms with Gasteiger partial charge < -0.3 is 9.64 Å². The molecule has 4 rings (SSSR count). The summed E-state index contributed by atoms with van der Waals surface area (Å²) in [7, 11) is -3.33. The Bertz CT molecular complexity index is 1090. The maximum absolute atomic E-state index is 11.5. The molecule has 0 N–H and O–H groups in total. The Kier molecular flexibility index (Phi) is 5.91. The van der Waals surface area contributed by atoms with Gasteiger partial charge in [0.25, 0.3) is 5.19 Å². The summed E-state index contributed by atoms with van der Waals surface area (Å²) in [6.45, 7) is 3.72. The Morgan fingerprint density at radius 3 is 2.47 bits per heavy atom. The van der Waals surface area contributed by atoms with E-state index in [1.54, 1.807) is 6.07 Å². The Hall–Kier alpha value is -2.66. The molecule has 1 saturated heterocycles. The van der Waals surface area contributed by atoms with Crippen molar-refractivity contribution in [1.82, 2.24) is 24.3 Å². The molecule has 4 heterocycles. The molecule has 0 bridgehead atoms. The molecule has 3 aromatic heterocycles. The summed E-state index contributed by atoms with van der Waals surface area (Å²) in [5.41, 5.74) is 1.78. The minimum Gasteiger partial charge on any atom is -0.466 e. The third-order valence-corrected chi connectivity index (χ3v) is 6.48. The van der Waals surface area contributed by atoms with Crippen molar-refractivity contribution in [3.63, 3.8) is 0 Å². The van der Waals surface area contributed by atoms with Gasteiger partial charge in [0, 0.05) is 67.9 Å². The summed E-state index contributed by atoms with van der Waals surface area (Å²) >= 11 is 1.18. The highest BCUT2D eigenvalue weighted by Crippen LogP contribution is 2.26. The van der Waals surface area contributed by atoms with Crippen LogP contribution in [0.25, 0.3) is 11.4 Å². The van der Waals surface area contributed by atoms with E-state index in [0.717, 1.165) is 50.1 Å². The van der Waals surface area contributed by atoms with Crippen LogP contribution in [0.1, 0.15) is 25.3 Å². The number of aryl methyl sites for hydroxylation is 1. The third kappa shape index (κ3) is 4.73. The van der Waals surface area contributed by atoms with Crippen LogP contribution in [-0.2, 0) is 16.3 Å². The van der Waals surface area contributed by atoms with Crippen LogP contribution in [0.15, 0.2) is 35.7 Å². The number of aromatic nitrogens is 5. The quantitative estimate of drug-likeness (QED) is 0.563. The van der Waals surface area contributed by atoms with Gasteiger partial charge >= 0.3 is 0 Å². The van der Waals surface area contributed by atoms with Crippen molar-refractivity contribution in [1.29, 1.82) is 0 Å². The number of nitrogens with zero attached hydrogens (tertiary/aromatic N) is 6. The van der Waals surface area contributed by atoms with E-state index in [-0.39, 0.29) is 11.1 Å². The van der Waals surface area contributed by atoms with Crippen molar-refractivity contribution >= 4 is 27.3 Å². The summed E-state index contributed by atoms with van der Waals surface area (Å²) in [5.74, 6) is 1.23. The minimum absolute atomic E-state index is 0.0260. The Labute approximate surface area is 179 Å². The van der Waals surface area contributed by atoms with Crippen molar-refractivity contribution in [2.75, 3.05) is 24.2 Å². The molecule has 0 aliphatic carbocycles. The number of anilines is 1. The number of piperidine rings is 1. The molecule has 0 radical (unpaired) electrons. The van der Waals surface area contributed by atoms with Crippen molar-refractivity contribution in [3.05, 3.63) is 36.3 Å². The molecule has 0 saturated carbocycles. The van der Waals surface area contributed by atoms with E-state index in [9.17, 15) is 8.42 Å². The van der Waals surface area contributed by atoms with Crippen LogP contribution >= 0.6 is 11.5 Å². The number of hydrogen-bond acceptors (Lipinski definition) is 10. The van der Waals surface area contributed by atoms with E-state index in [1.165, 1.54) is 23.8 Å². The van der Waals surface area contributed by atoms with Crippen LogP contribution in [-0.4, -0.2) is 58.2 Å². The van der Waals surface area contributed by atoms with Gasteiger partial charge in [0.05, 0.1) is 0 Å². The first-order valence-electron chi connectivity index (χ1n) is 9.65. The third-order valence-electron chi connectivity index (χ3n) is 4.87. The summed E-state index contributed by atoms with van der Waals surface area (Å²) in [6.07, 6.45) is 9.03. The first kappa shape index (κ1) is 20.6. The number of rotatable bonds is 6. The lowest BCUT2D eigenvalue weighted by Gasteiger charge is -2.31. The van der Waals surface area contributed by atoms with Crippen LogP contribution in [0.2, 0.25) is 0 Å². The van der Waals surface area contributed by atoms with Crippen molar-refractivity contribution < 1.29 is 13.2 Å². The van der Waals surface area contributed by atoms with Gasteiger partial charge in [0.2, 0.25) is 5.95 Å². The van der Waals surface area contributed by atoms with Gasteiger partial charge in [0.15, 0.2) is 20.7 Å². The lowest BCUT2D eigenvalue weighted by atomic mass is 10.1. The molecule has 0 unspecified atom stereocenters. The number of pyridine rings is 1. The molecule has 3 aromatic rings. The maximum atomic E-state index is 11.5. The summed E-state index contributed by atoms with van der Waals surface area (Å²) < 4.78 is 33.4. The van der Waals surface area contributed by atoms with Gasteiger partial charge in [-0.2, -0.15) is 9.36 Å². The van der Waals surface area contributed by atoms with Crippen molar-refractivity contribution in [3.8, 4) is 16.6 Å². The van der Waals surface area contributed by atoms with Gasteiger partial charge in [0.1, 0.15) is 6.10 Å². The van der Waals surface area contributed by atoms with Crippen LogP contribution in [0.3, 0.4) is 0 Å². The second kappa shape index (κ2) is 8.60. The topological polar surface area (TPSA) is 111 Å². The summed E-state index contributed by atoms with van der Waals surface area (Å²) in [5, 5.41) is 0.525. The number of hydrogen-bond donors (Lipinski definition) is 0. The van der Waals surface area contributed by atoms with E-state index in [0.29, 0.717) is 16.6 Å². The van der Waals surface area contributed by atoms with Crippen LogP contribution < -0.4 is 9.64 Å². The largest absolute Gasteiger partial charge is 0.466 e. The molecule has 0 atom stereocenters. The highest BCUT2D eigenvalue weighted by Gasteiger charge is 2.23. The molecule has 11 heteroatoms. The van der Waals surface area contributed by atoms with E-state index in [4.69, 9.17) is 4.74 Å². The second-order valence-corrected chi connectivity index (χ2v) is 9.77. The molecule has 30 heavy (non-hydrogen) atoms. The van der Waals surface area contributed by atoms with Gasteiger partial charge in [-0.1, -0.05) is 6.92 Å². The van der Waals surface area contributed by atoms with Crippen LogP contribution in [0.5, 0.6) is 5.19 Å². The van der Waals surface area contributed by atoms with Gasteiger partial charge in [-0.05, 0) is 24.1 Å². The predicted molar refractivity (Wildman–Crippen MR) is 114 cm³/mol. The lowest BCUT2D eigenvalue weighted by Crippen LogP contribution is -2.39. The fourth-order valence-corrected chi connectivity index (χ4v) is 4.29. The molecule has 0 amide bonds. The summed E-state index contributed by atoms with van der Waals surface area (Å²) in [4.78, 5) is 19.5. The summed E-state index contributed by atoms with van der Waals surface area (Å²) in [6, 6.07) is 3.11. The molecule has 1 aliphatic heterocycles. The number of sulfone groups is 1. The Morgan fingerprint density at radius 2 is 1.87 bits per heavy atom. The molecule has 158 valence electrons. The zero-order chi connectivity index (χ0) is 21.1. The van der Waals surface area contributed by atoms with Gasteiger partial charge in [-0.25, -0.2) is 23.4 Å². The molecular formula is C19H22N6O3S2. The minimum atomic E-state index is -3.33. The normalized spacial score (nSPS) is 15.3. The van der Waals surface area contributed by atoms with Crippen LogP contribution in [0, 0.1) is 0 Å². The van der Waals surface area contributed by atoms with Crippen molar-refractivity contribution in [2.24, 2.45) is 0 Å². The highest BCUT2D eigenvalue weighted by molar-refractivity contribution is 7.90. The van der Waals surface area contributed by atoms with Crippen LogP contribution in [0.4, 0.5) is 5.95 Å². The first-order valence-corrected chi connectivity index (χ1v) is 12.3. The lowest BCUT2D eigenvalue weighted by molar-refractivity contribution is 0.170. The second-order valence-electron chi connectivity index (χ2n) is 7.09. The first-order chi connectivity index (χ1) is 14.4. The van der Waals surface area contributed by atoms with E-state index in [2.05, 4.69) is 36.1 Å². The average molecular weight is 447 g/mol. The number of ether oxygens (including phenoxy) is 1. The van der Waals surface area contributed by atoms with Gasteiger partial charge in [-0.3, -0.25) is 0 Å². The monoisotopic (exact) mass is 446 g/mol. The standard InChI is InChI=1S/C19H22N6O3S2/c1-3-13-10-21-18(22-11-13)25-8-6-15(7-9-25)28-19-23-17(24-29-19)14-4-5-16(20-12-14)30(2,26)27/h4-5,10-12,15H,3,6-9H2,1-2H3. The fraction of sp³-hybridized carbons (Fsp3) is 0.421. The SMILES string of the molecule is CCc1cnc(N2CCC(Oc3nc(-c4ccc(S(C)(=O)=O)nc4)ns3)CC2)nc1. The Morgan fingerprint density at radius 1 is 1.13 bits per heavy atom. The molecular weight excluding hydrogens is 424 g/mol. The maximum Gasteiger partial charge on any atom is 0.293 e.